The smallest absolute Gasteiger partial charge is 0.305 e. The number of carbonyl (C=O) groups is 2. The van der Waals surface area contributed by atoms with Crippen molar-refractivity contribution in [2.45, 2.75) is 25.9 Å². The minimum absolute atomic E-state index is 0.316. The van der Waals surface area contributed by atoms with Crippen LogP contribution in [0, 0.1) is 6.92 Å². The Morgan fingerprint density at radius 1 is 1.45 bits per heavy atom. The van der Waals surface area contributed by atoms with Gasteiger partial charge in [-0.15, -0.1) is 0 Å². The van der Waals surface area contributed by atoms with Crippen LogP contribution in [0.2, 0.25) is 0 Å². The molecule has 0 saturated heterocycles. The number of nitrogens with zero attached hydrogens (tertiary/aromatic N) is 1. The molecule has 0 heterocycles. The van der Waals surface area contributed by atoms with E-state index in [0.717, 1.165) is 11.1 Å². The maximum Gasteiger partial charge on any atom is 0.305 e. The lowest BCUT2D eigenvalue weighted by molar-refractivity contribution is -0.141. The van der Waals surface area contributed by atoms with E-state index in [4.69, 9.17) is 15.6 Å². The van der Waals surface area contributed by atoms with E-state index < -0.39 is 17.9 Å². The number of carboxylic acid groups (broad SMARTS) is 1. The number of nitrogens with two attached hydrogens (primary N) is 1. The predicted molar refractivity (Wildman–Crippen MR) is 74.4 cm³/mol. The molecule has 0 aromatic heterocycles. The van der Waals surface area contributed by atoms with Crippen LogP contribution in [0.15, 0.2) is 18.2 Å². The van der Waals surface area contributed by atoms with Crippen molar-refractivity contribution in [3.8, 4) is 5.75 Å². The number of benzene rings is 1. The Morgan fingerprint density at radius 2 is 2.10 bits per heavy atom. The van der Waals surface area contributed by atoms with E-state index >= 15 is 0 Å². The summed E-state index contributed by atoms with van der Waals surface area (Å²) in [6, 6.07) is 4.64. The van der Waals surface area contributed by atoms with Crippen molar-refractivity contribution in [1.82, 2.24) is 4.90 Å². The highest BCUT2D eigenvalue weighted by Crippen LogP contribution is 2.21. The zero-order chi connectivity index (χ0) is 15.3. The number of aryl methyl sites for hydroxylation is 1. The molecule has 0 aliphatic rings. The highest BCUT2D eigenvalue weighted by molar-refractivity contribution is 5.85. The number of hydrogen-bond acceptors (Lipinski definition) is 4. The van der Waals surface area contributed by atoms with Crippen molar-refractivity contribution in [1.29, 1.82) is 0 Å². The van der Waals surface area contributed by atoms with E-state index in [1.807, 2.05) is 25.1 Å². The second kappa shape index (κ2) is 6.91. The Balaban J connectivity index is 2.79. The lowest BCUT2D eigenvalue weighted by atomic mass is 10.1. The third-order valence-corrected chi connectivity index (χ3v) is 2.93. The van der Waals surface area contributed by atoms with Gasteiger partial charge in [-0.25, -0.2) is 0 Å². The van der Waals surface area contributed by atoms with Gasteiger partial charge in [-0.1, -0.05) is 17.7 Å². The Bertz CT molecular complexity index is 502. The van der Waals surface area contributed by atoms with E-state index in [9.17, 15) is 9.59 Å². The molecule has 0 bridgehead atoms. The molecule has 0 fully saturated rings. The van der Waals surface area contributed by atoms with Gasteiger partial charge in [-0.2, -0.15) is 0 Å². The molecule has 0 aliphatic carbocycles. The average Bonchev–Trinajstić information content (AvgIpc) is 2.37. The van der Waals surface area contributed by atoms with Crippen LogP contribution in [-0.2, 0) is 16.1 Å². The van der Waals surface area contributed by atoms with Gasteiger partial charge >= 0.3 is 5.97 Å². The topological polar surface area (TPSA) is 92.9 Å². The molecule has 0 spiro atoms. The van der Waals surface area contributed by atoms with Crippen LogP contribution in [0.1, 0.15) is 17.5 Å². The van der Waals surface area contributed by atoms with E-state index in [1.165, 1.54) is 4.90 Å². The molecule has 6 nitrogen and oxygen atoms in total. The Kier molecular flexibility index (Phi) is 5.52. The molecular weight excluding hydrogens is 260 g/mol. The summed E-state index contributed by atoms with van der Waals surface area (Å²) in [4.78, 5) is 23.9. The van der Waals surface area contributed by atoms with Gasteiger partial charge in [-0.05, 0) is 13.0 Å². The lowest BCUT2D eigenvalue weighted by Gasteiger charge is -2.22. The number of carboxylic acids is 1. The van der Waals surface area contributed by atoms with Crippen molar-refractivity contribution < 1.29 is 19.4 Å². The first-order valence-corrected chi connectivity index (χ1v) is 6.21. The van der Waals surface area contributed by atoms with Crippen molar-refractivity contribution in [3.63, 3.8) is 0 Å². The van der Waals surface area contributed by atoms with Crippen LogP contribution in [0.3, 0.4) is 0 Å². The number of rotatable bonds is 6. The molecule has 1 atom stereocenters. The van der Waals surface area contributed by atoms with Crippen LogP contribution in [0.5, 0.6) is 5.75 Å². The molecule has 0 saturated carbocycles. The largest absolute Gasteiger partial charge is 0.496 e. The monoisotopic (exact) mass is 280 g/mol. The van der Waals surface area contributed by atoms with Crippen LogP contribution in [0.25, 0.3) is 0 Å². The second-order valence-electron chi connectivity index (χ2n) is 4.71. The lowest BCUT2D eigenvalue weighted by Crippen LogP contribution is -2.42. The molecule has 6 heteroatoms. The van der Waals surface area contributed by atoms with Crippen LogP contribution >= 0.6 is 0 Å². The summed E-state index contributed by atoms with van der Waals surface area (Å²) in [5.74, 6) is -0.814. The summed E-state index contributed by atoms with van der Waals surface area (Å²) in [7, 11) is 3.15. The molecule has 0 aliphatic heterocycles. The van der Waals surface area contributed by atoms with Crippen LogP contribution in [-0.4, -0.2) is 42.1 Å². The summed E-state index contributed by atoms with van der Waals surface area (Å²) in [5.41, 5.74) is 7.47. The molecule has 1 amide bonds. The molecule has 3 N–H and O–H groups in total. The van der Waals surface area contributed by atoms with E-state index in [-0.39, 0.29) is 6.42 Å². The third kappa shape index (κ3) is 4.24. The first-order chi connectivity index (χ1) is 9.35. The van der Waals surface area contributed by atoms with Gasteiger partial charge < -0.3 is 20.5 Å². The number of carbonyl (C=O) groups excluding carboxylic acids is 1. The number of hydrogen-bond donors (Lipinski definition) is 2. The number of methoxy groups -OCH3 is 1. The summed E-state index contributed by atoms with van der Waals surface area (Å²) < 4.78 is 5.24. The Hall–Kier alpha value is -2.08. The maximum atomic E-state index is 12.0. The van der Waals surface area contributed by atoms with E-state index in [0.29, 0.717) is 12.3 Å². The molecule has 1 rings (SSSR count). The van der Waals surface area contributed by atoms with E-state index in [2.05, 4.69) is 0 Å². The number of likely N-dealkylation sites (N-methyl/N-ethyl adjacent to an activating group) is 1. The molecular formula is C14H20N2O4. The Labute approximate surface area is 118 Å². The first kappa shape index (κ1) is 16.0. The Morgan fingerprint density at radius 3 is 2.65 bits per heavy atom. The van der Waals surface area contributed by atoms with E-state index in [1.54, 1.807) is 14.2 Å². The highest BCUT2D eigenvalue weighted by atomic mass is 16.5. The van der Waals surface area contributed by atoms with Gasteiger partial charge in [0.05, 0.1) is 19.6 Å². The minimum atomic E-state index is -1.09. The predicted octanol–water partition coefficient (Wildman–Crippen LogP) is 0.764. The first-order valence-electron chi connectivity index (χ1n) is 6.21. The fourth-order valence-electron chi connectivity index (χ4n) is 1.92. The third-order valence-electron chi connectivity index (χ3n) is 2.93. The quantitative estimate of drug-likeness (QED) is 0.802. The zero-order valence-electron chi connectivity index (χ0n) is 11.9. The van der Waals surface area contributed by atoms with Gasteiger partial charge in [0.2, 0.25) is 5.91 Å². The van der Waals surface area contributed by atoms with Crippen molar-refractivity contribution >= 4 is 11.9 Å². The van der Waals surface area contributed by atoms with Crippen LogP contribution in [0.4, 0.5) is 0 Å². The standard InChI is InChI=1S/C14H20N2O4/c1-9-4-5-12(20-3)10(6-9)8-16(2)14(19)11(15)7-13(17)18/h4-6,11H,7-8,15H2,1-3H3,(H,17,18). The number of ether oxygens (including phenoxy) is 1. The van der Waals surface area contributed by atoms with Crippen molar-refractivity contribution in [3.05, 3.63) is 29.3 Å². The number of amides is 1. The molecule has 1 unspecified atom stereocenters. The second-order valence-corrected chi connectivity index (χ2v) is 4.71. The zero-order valence-corrected chi connectivity index (χ0v) is 11.9. The normalized spacial score (nSPS) is 11.8. The number of aliphatic carboxylic acids is 1. The summed E-state index contributed by atoms with van der Waals surface area (Å²) in [5, 5.41) is 8.65. The maximum absolute atomic E-state index is 12.0. The van der Waals surface area contributed by atoms with Crippen molar-refractivity contribution in [2.24, 2.45) is 5.73 Å². The summed E-state index contributed by atoms with van der Waals surface area (Å²) in [6.07, 6.45) is -0.381. The minimum Gasteiger partial charge on any atom is -0.496 e. The summed E-state index contributed by atoms with van der Waals surface area (Å²) >= 11 is 0. The molecule has 0 radical (unpaired) electrons. The SMILES string of the molecule is COc1ccc(C)cc1CN(C)C(=O)C(N)CC(=O)O. The van der Waals surface area contributed by atoms with Gasteiger partial charge in [0.1, 0.15) is 5.75 Å². The molecule has 110 valence electrons. The van der Waals surface area contributed by atoms with Gasteiger partial charge in [0, 0.05) is 19.2 Å². The molecule has 1 aromatic carbocycles. The fourth-order valence-corrected chi connectivity index (χ4v) is 1.92. The molecule has 1 aromatic rings. The van der Waals surface area contributed by atoms with Gasteiger partial charge in [0.25, 0.3) is 0 Å². The average molecular weight is 280 g/mol. The fraction of sp³-hybridized carbons (Fsp3) is 0.429. The van der Waals surface area contributed by atoms with Gasteiger partial charge in [-0.3, -0.25) is 9.59 Å². The molecule has 20 heavy (non-hydrogen) atoms. The van der Waals surface area contributed by atoms with Gasteiger partial charge in [0.15, 0.2) is 0 Å². The summed E-state index contributed by atoms with van der Waals surface area (Å²) in [6.45, 7) is 2.26. The van der Waals surface area contributed by atoms with Crippen LogP contribution < -0.4 is 10.5 Å². The van der Waals surface area contributed by atoms with Crippen molar-refractivity contribution in [2.75, 3.05) is 14.2 Å². The highest BCUT2D eigenvalue weighted by Gasteiger charge is 2.21.